The van der Waals surface area contributed by atoms with Crippen molar-refractivity contribution in [2.75, 3.05) is 14.1 Å². The van der Waals surface area contributed by atoms with Crippen LogP contribution in [0.25, 0.3) is 11.0 Å². The Morgan fingerprint density at radius 1 is 1.42 bits per heavy atom. The highest BCUT2D eigenvalue weighted by Gasteiger charge is 2.20. The first-order valence-electron chi connectivity index (χ1n) is 8.92. The molecule has 0 bridgehead atoms. The van der Waals surface area contributed by atoms with Gasteiger partial charge in [-0.05, 0) is 19.1 Å². The first-order valence-corrected chi connectivity index (χ1v) is 8.74. The van der Waals surface area contributed by atoms with Gasteiger partial charge in [0.05, 0.1) is 51.5 Å². The molecule has 136 valence electrons. The zero-order chi connectivity index (χ0) is 21.3. The minimum atomic E-state index is -2.58. The first-order chi connectivity index (χ1) is 13.6. The molecule has 3 aromatic rings. The molecule has 2 heterocycles. The number of rotatable bonds is 6. The highest BCUT2D eigenvalue weighted by molar-refractivity contribution is 7.84. The highest BCUT2D eigenvalue weighted by Crippen LogP contribution is 2.27. The van der Waals surface area contributed by atoms with Crippen molar-refractivity contribution in [3.05, 3.63) is 41.2 Å². The summed E-state index contributed by atoms with van der Waals surface area (Å²) in [5.41, 5.74) is 1.78. The van der Waals surface area contributed by atoms with Gasteiger partial charge in [-0.3, -0.25) is 9.19 Å². The van der Waals surface area contributed by atoms with E-state index in [0.29, 0.717) is 22.3 Å². The molecule has 0 saturated heterocycles. The number of H-pyrrole nitrogens is 1. The standard InChI is InChI=1S/C17H17N3O5S/c1-9-14(18-7-11(16(21)22)15(9)25-3)8-26(23)17-19-12-5-4-10(24-2)6-13(12)20-17/h4-7H,8H2,1-3H3,(H,19,20)(H,21,22)/i2D3. The van der Waals surface area contributed by atoms with Crippen LogP contribution < -0.4 is 9.47 Å². The van der Waals surface area contributed by atoms with Crippen LogP contribution in [0, 0.1) is 6.92 Å². The number of aromatic nitrogens is 3. The molecule has 0 aliphatic heterocycles. The summed E-state index contributed by atoms with van der Waals surface area (Å²) in [5.74, 6) is -0.890. The van der Waals surface area contributed by atoms with Crippen molar-refractivity contribution in [1.29, 1.82) is 0 Å². The number of hydrogen-bond donors (Lipinski definition) is 2. The van der Waals surface area contributed by atoms with Gasteiger partial charge in [0.2, 0.25) is 0 Å². The van der Waals surface area contributed by atoms with Crippen LogP contribution in [0.5, 0.6) is 11.5 Å². The summed E-state index contributed by atoms with van der Waals surface area (Å²) in [6.45, 7) is 1.64. The number of hydrogen-bond acceptors (Lipinski definition) is 6. The summed E-state index contributed by atoms with van der Waals surface area (Å²) in [6.07, 6.45) is 1.16. The lowest BCUT2D eigenvalue weighted by molar-refractivity contribution is 0.0692. The molecule has 1 atom stereocenters. The zero-order valence-electron chi connectivity index (χ0n) is 16.9. The number of pyridine rings is 1. The summed E-state index contributed by atoms with van der Waals surface area (Å²) >= 11 is 0. The Hall–Kier alpha value is -2.94. The van der Waals surface area contributed by atoms with E-state index in [-0.39, 0.29) is 28.0 Å². The molecule has 3 rings (SSSR count). The molecule has 0 aliphatic rings. The Labute approximate surface area is 155 Å². The Morgan fingerprint density at radius 3 is 2.92 bits per heavy atom. The summed E-state index contributed by atoms with van der Waals surface area (Å²) < 4.78 is 44.2. The molecule has 2 N–H and O–H groups in total. The smallest absolute Gasteiger partial charge is 0.341 e. The number of ether oxygens (including phenoxy) is 2. The Bertz CT molecular complexity index is 1110. The predicted molar refractivity (Wildman–Crippen MR) is 95.2 cm³/mol. The number of imidazole rings is 1. The number of aromatic carboxylic acids is 1. The average molecular weight is 378 g/mol. The second-order valence-electron chi connectivity index (χ2n) is 5.39. The van der Waals surface area contributed by atoms with Crippen LogP contribution in [-0.4, -0.2) is 44.4 Å². The first kappa shape index (κ1) is 14.3. The number of carboxylic acids is 1. The average Bonchev–Trinajstić information content (AvgIpc) is 3.05. The second kappa shape index (κ2) is 7.12. The minimum Gasteiger partial charge on any atom is -0.497 e. The van der Waals surface area contributed by atoms with Gasteiger partial charge in [0.15, 0.2) is 5.16 Å². The summed E-state index contributed by atoms with van der Waals surface area (Å²) in [4.78, 5) is 22.5. The molecule has 0 amide bonds. The van der Waals surface area contributed by atoms with E-state index >= 15 is 0 Å². The molecule has 1 aromatic carbocycles. The van der Waals surface area contributed by atoms with Crippen LogP contribution in [0.3, 0.4) is 0 Å². The lowest BCUT2D eigenvalue weighted by Gasteiger charge is -2.11. The summed E-state index contributed by atoms with van der Waals surface area (Å²) in [7, 11) is -2.84. The van der Waals surface area contributed by atoms with Crippen molar-refractivity contribution in [3.8, 4) is 11.5 Å². The fraction of sp³-hybridized carbons (Fsp3) is 0.235. The van der Waals surface area contributed by atoms with E-state index in [1.807, 2.05) is 0 Å². The van der Waals surface area contributed by atoms with Gasteiger partial charge in [-0.1, -0.05) is 0 Å². The number of carboxylic acid groups (broad SMARTS) is 1. The van der Waals surface area contributed by atoms with Gasteiger partial charge >= 0.3 is 5.97 Å². The van der Waals surface area contributed by atoms with Crippen molar-refractivity contribution in [2.24, 2.45) is 0 Å². The molecule has 8 nitrogen and oxygen atoms in total. The fourth-order valence-corrected chi connectivity index (χ4v) is 3.62. The van der Waals surface area contributed by atoms with Gasteiger partial charge in [0.25, 0.3) is 0 Å². The topological polar surface area (TPSA) is 114 Å². The van der Waals surface area contributed by atoms with Gasteiger partial charge in [0.1, 0.15) is 17.1 Å². The third kappa shape index (κ3) is 3.25. The second-order valence-corrected chi connectivity index (χ2v) is 6.76. The third-order valence-corrected chi connectivity index (χ3v) is 5.00. The molecule has 0 radical (unpaired) electrons. The Morgan fingerprint density at radius 2 is 2.23 bits per heavy atom. The number of fused-ring (bicyclic) bond motifs is 1. The van der Waals surface area contributed by atoms with Crippen LogP contribution in [0.1, 0.15) is 25.7 Å². The Kier molecular flexibility index (Phi) is 3.91. The molecule has 1 unspecified atom stereocenters. The van der Waals surface area contributed by atoms with E-state index in [1.165, 1.54) is 19.2 Å². The fourth-order valence-electron chi connectivity index (χ4n) is 2.52. The monoisotopic (exact) mass is 378 g/mol. The van der Waals surface area contributed by atoms with Crippen LogP contribution >= 0.6 is 0 Å². The van der Waals surface area contributed by atoms with Crippen molar-refractivity contribution in [1.82, 2.24) is 15.0 Å². The molecule has 26 heavy (non-hydrogen) atoms. The van der Waals surface area contributed by atoms with E-state index in [1.54, 1.807) is 13.0 Å². The van der Waals surface area contributed by atoms with Crippen LogP contribution in [-0.2, 0) is 16.6 Å². The molecule has 0 spiro atoms. The van der Waals surface area contributed by atoms with E-state index in [9.17, 15) is 14.1 Å². The van der Waals surface area contributed by atoms with E-state index in [2.05, 4.69) is 15.0 Å². The van der Waals surface area contributed by atoms with Crippen LogP contribution in [0.4, 0.5) is 0 Å². The van der Waals surface area contributed by atoms with Crippen molar-refractivity contribution < 1.29 is 27.7 Å². The zero-order valence-corrected chi connectivity index (χ0v) is 14.7. The van der Waals surface area contributed by atoms with Gasteiger partial charge in [-0.2, -0.15) is 0 Å². The van der Waals surface area contributed by atoms with E-state index in [0.717, 1.165) is 6.20 Å². The van der Waals surface area contributed by atoms with Crippen molar-refractivity contribution in [2.45, 2.75) is 17.8 Å². The maximum absolute atomic E-state index is 12.8. The summed E-state index contributed by atoms with van der Waals surface area (Å²) in [5, 5.41) is 9.38. The Balaban J connectivity index is 1.87. The highest BCUT2D eigenvalue weighted by atomic mass is 32.2. The SMILES string of the molecule is [2H]C([2H])([2H])Oc1ccc2nc(S(=O)Cc3ncc(C(=O)O)c(OC)c3C)[nH]c2c1. The number of aromatic amines is 1. The van der Waals surface area contributed by atoms with Gasteiger partial charge in [-0.15, -0.1) is 0 Å². The summed E-state index contributed by atoms with van der Waals surface area (Å²) in [6, 6.07) is 4.48. The minimum absolute atomic E-state index is 0.0134. The third-order valence-electron chi connectivity index (χ3n) is 3.84. The number of methoxy groups -OCH3 is 2. The maximum Gasteiger partial charge on any atom is 0.341 e. The lowest BCUT2D eigenvalue weighted by atomic mass is 10.1. The maximum atomic E-state index is 12.8. The van der Waals surface area contributed by atoms with Crippen molar-refractivity contribution in [3.63, 3.8) is 0 Å². The molecule has 0 fully saturated rings. The number of benzene rings is 1. The largest absolute Gasteiger partial charge is 0.497 e. The normalized spacial score (nSPS) is 14.3. The molecule has 9 heteroatoms. The molecular weight excluding hydrogens is 358 g/mol. The lowest BCUT2D eigenvalue weighted by Crippen LogP contribution is -2.08. The number of nitrogens with one attached hydrogen (secondary N) is 1. The molecule has 0 saturated carbocycles. The quantitative estimate of drug-likeness (QED) is 0.676. The van der Waals surface area contributed by atoms with E-state index < -0.39 is 23.8 Å². The molecule has 0 aliphatic carbocycles. The number of carbonyl (C=O) groups is 1. The van der Waals surface area contributed by atoms with Gasteiger partial charge in [0, 0.05) is 17.8 Å². The van der Waals surface area contributed by atoms with Crippen molar-refractivity contribution >= 4 is 27.8 Å². The molecule has 2 aromatic heterocycles. The number of nitrogens with zero attached hydrogens (tertiary/aromatic N) is 2. The molecular formula is C17H17N3O5S. The van der Waals surface area contributed by atoms with Crippen LogP contribution in [0.2, 0.25) is 0 Å². The predicted octanol–water partition coefficient (Wildman–Crippen LogP) is 2.29. The van der Waals surface area contributed by atoms with E-state index in [4.69, 9.17) is 13.6 Å². The van der Waals surface area contributed by atoms with Crippen LogP contribution in [0.15, 0.2) is 29.6 Å². The van der Waals surface area contributed by atoms with Gasteiger partial charge in [-0.25, -0.2) is 9.78 Å². The van der Waals surface area contributed by atoms with Gasteiger partial charge < -0.3 is 19.6 Å².